The summed E-state index contributed by atoms with van der Waals surface area (Å²) in [4.78, 5) is 48.9. The van der Waals surface area contributed by atoms with Gasteiger partial charge in [0.15, 0.2) is 5.76 Å². The Bertz CT molecular complexity index is 909. The average Bonchev–Trinajstić information content (AvgIpc) is 3.27. The molecule has 3 amide bonds. The minimum absolute atomic E-state index is 0.0376. The molecule has 0 radical (unpaired) electrons. The van der Waals surface area contributed by atoms with E-state index < -0.39 is 29.6 Å². The quantitative estimate of drug-likeness (QED) is 0.653. The molecule has 0 saturated carbocycles. The van der Waals surface area contributed by atoms with Crippen LogP contribution in [0.3, 0.4) is 0 Å². The number of benzene rings is 1. The first-order valence-corrected chi connectivity index (χ1v) is 9.17. The highest BCUT2D eigenvalue weighted by atomic mass is 16.4. The van der Waals surface area contributed by atoms with Gasteiger partial charge >= 0.3 is 17.8 Å². The molecule has 3 rings (SSSR count). The molecule has 9 heteroatoms. The van der Waals surface area contributed by atoms with E-state index in [1.54, 1.807) is 36.4 Å². The zero-order valence-electron chi connectivity index (χ0n) is 15.6. The van der Waals surface area contributed by atoms with Gasteiger partial charge in [-0.15, -0.1) is 0 Å². The second kappa shape index (κ2) is 9.05. The fourth-order valence-corrected chi connectivity index (χ4v) is 3.12. The third-order valence-electron chi connectivity index (χ3n) is 4.63. The lowest BCUT2D eigenvalue weighted by atomic mass is 9.98. The fraction of sp³-hybridized carbons (Fsp3) is 0.300. The Morgan fingerprint density at radius 2 is 2.00 bits per heavy atom. The second-order valence-corrected chi connectivity index (χ2v) is 6.74. The number of piperidine rings is 1. The van der Waals surface area contributed by atoms with Crippen LogP contribution in [0.2, 0.25) is 0 Å². The number of carbonyl (C=O) groups excluding carboxylic acids is 3. The highest BCUT2D eigenvalue weighted by Gasteiger charge is 2.30. The summed E-state index contributed by atoms with van der Waals surface area (Å²) in [7, 11) is 0. The Morgan fingerprint density at radius 3 is 2.72 bits per heavy atom. The highest BCUT2D eigenvalue weighted by molar-refractivity contribution is 6.35. The molecule has 1 aromatic carbocycles. The van der Waals surface area contributed by atoms with Crippen LogP contribution in [0.15, 0.2) is 47.1 Å². The van der Waals surface area contributed by atoms with E-state index in [1.807, 2.05) is 0 Å². The summed E-state index contributed by atoms with van der Waals surface area (Å²) in [5.41, 5.74) is 1.20. The maximum atomic E-state index is 12.3. The Kier molecular flexibility index (Phi) is 6.28. The highest BCUT2D eigenvalue weighted by Crippen LogP contribution is 2.17. The van der Waals surface area contributed by atoms with Gasteiger partial charge in [-0.25, -0.2) is 0 Å². The van der Waals surface area contributed by atoms with Crippen molar-refractivity contribution >= 4 is 29.4 Å². The van der Waals surface area contributed by atoms with Crippen molar-refractivity contribution in [2.45, 2.75) is 19.4 Å². The number of anilines is 1. The predicted molar refractivity (Wildman–Crippen MR) is 102 cm³/mol. The van der Waals surface area contributed by atoms with Gasteiger partial charge in [0.2, 0.25) is 0 Å². The standard InChI is InChI=1S/C20H21N3O6/c24-17(16-7-3-9-29-16)22-15-6-1-4-13(10-15)11-21-18(25)19(26)23-8-2-5-14(12-23)20(27)28/h1,3-4,6-7,9-10,14H,2,5,8,11-12H2,(H,21,25)(H,22,24)(H,27,28). The molecule has 152 valence electrons. The lowest BCUT2D eigenvalue weighted by Gasteiger charge is -2.30. The van der Waals surface area contributed by atoms with Crippen LogP contribution >= 0.6 is 0 Å². The van der Waals surface area contributed by atoms with Gasteiger partial charge in [0.05, 0.1) is 12.2 Å². The van der Waals surface area contributed by atoms with Gasteiger partial charge in [0.25, 0.3) is 5.91 Å². The van der Waals surface area contributed by atoms with E-state index in [0.29, 0.717) is 30.6 Å². The predicted octanol–water partition coefficient (Wildman–Crippen LogP) is 1.47. The van der Waals surface area contributed by atoms with Gasteiger partial charge < -0.3 is 25.1 Å². The maximum Gasteiger partial charge on any atom is 0.311 e. The van der Waals surface area contributed by atoms with Crippen LogP contribution in [0.1, 0.15) is 29.0 Å². The summed E-state index contributed by atoms with van der Waals surface area (Å²) in [5.74, 6) is -3.36. The number of carbonyl (C=O) groups is 4. The molecular weight excluding hydrogens is 378 g/mol. The van der Waals surface area contributed by atoms with Crippen LogP contribution in [-0.4, -0.2) is 46.8 Å². The first-order chi connectivity index (χ1) is 13.9. The molecule has 0 aliphatic carbocycles. The largest absolute Gasteiger partial charge is 0.481 e. The van der Waals surface area contributed by atoms with E-state index in [1.165, 1.54) is 11.2 Å². The average molecular weight is 399 g/mol. The van der Waals surface area contributed by atoms with E-state index in [2.05, 4.69) is 10.6 Å². The Hall–Kier alpha value is -3.62. The van der Waals surface area contributed by atoms with Crippen molar-refractivity contribution in [3.63, 3.8) is 0 Å². The number of hydrogen-bond acceptors (Lipinski definition) is 5. The number of carboxylic acids is 1. The summed E-state index contributed by atoms with van der Waals surface area (Å²) in [6.07, 6.45) is 2.45. The molecule has 3 N–H and O–H groups in total. The van der Waals surface area contributed by atoms with Gasteiger partial charge in [0.1, 0.15) is 0 Å². The van der Waals surface area contributed by atoms with Gasteiger partial charge in [-0.1, -0.05) is 12.1 Å². The first kappa shape index (κ1) is 20.1. The molecule has 1 aromatic heterocycles. The number of amides is 3. The van der Waals surface area contributed by atoms with E-state index in [4.69, 9.17) is 9.52 Å². The lowest BCUT2D eigenvalue weighted by molar-refractivity contribution is -0.150. The molecule has 2 aromatic rings. The van der Waals surface area contributed by atoms with Crippen molar-refractivity contribution in [1.29, 1.82) is 0 Å². The number of nitrogens with one attached hydrogen (secondary N) is 2. The zero-order chi connectivity index (χ0) is 20.8. The second-order valence-electron chi connectivity index (χ2n) is 6.74. The van der Waals surface area contributed by atoms with E-state index in [-0.39, 0.29) is 18.8 Å². The van der Waals surface area contributed by atoms with Gasteiger partial charge in [-0.05, 0) is 42.7 Å². The summed E-state index contributed by atoms with van der Waals surface area (Å²) in [5, 5.41) is 14.3. The molecule has 9 nitrogen and oxygen atoms in total. The van der Waals surface area contributed by atoms with Crippen molar-refractivity contribution in [3.8, 4) is 0 Å². The van der Waals surface area contributed by atoms with Crippen LogP contribution < -0.4 is 10.6 Å². The monoisotopic (exact) mass is 399 g/mol. The SMILES string of the molecule is O=C(NCc1cccc(NC(=O)c2ccco2)c1)C(=O)N1CCCC(C(=O)O)C1. The molecule has 1 atom stereocenters. The topological polar surface area (TPSA) is 129 Å². The number of nitrogens with zero attached hydrogens (tertiary/aromatic N) is 1. The van der Waals surface area contributed by atoms with Gasteiger partial charge in [-0.3, -0.25) is 19.2 Å². The summed E-state index contributed by atoms with van der Waals surface area (Å²) < 4.78 is 5.04. The normalized spacial score (nSPS) is 16.1. The molecule has 0 spiro atoms. The molecule has 1 aliphatic heterocycles. The number of carboxylic acid groups (broad SMARTS) is 1. The molecular formula is C20H21N3O6. The Labute approximate surface area is 166 Å². The lowest BCUT2D eigenvalue weighted by Crippen LogP contribution is -2.48. The van der Waals surface area contributed by atoms with Crippen LogP contribution in [0.4, 0.5) is 5.69 Å². The molecule has 1 unspecified atom stereocenters. The van der Waals surface area contributed by atoms with Crippen LogP contribution in [0.25, 0.3) is 0 Å². The molecule has 2 heterocycles. The van der Waals surface area contributed by atoms with Gasteiger partial charge in [0, 0.05) is 25.3 Å². The van der Waals surface area contributed by atoms with E-state index >= 15 is 0 Å². The van der Waals surface area contributed by atoms with Crippen LogP contribution in [0.5, 0.6) is 0 Å². The fourth-order valence-electron chi connectivity index (χ4n) is 3.12. The molecule has 1 saturated heterocycles. The number of rotatable bonds is 5. The van der Waals surface area contributed by atoms with Crippen molar-refractivity contribution in [3.05, 3.63) is 54.0 Å². The number of hydrogen-bond donors (Lipinski definition) is 3. The van der Waals surface area contributed by atoms with Crippen molar-refractivity contribution in [2.75, 3.05) is 18.4 Å². The number of furan rings is 1. The minimum atomic E-state index is -0.962. The Balaban J connectivity index is 1.54. The van der Waals surface area contributed by atoms with Crippen LogP contribution in [-0.2, 0) is 20.9 Å². The Morgan fingerprint density at radius 1 is 1.17 bits per heavy atom. The summed E-state index contributed by atoms with van der Waals surface area (Å²) >= 11 is 0. The summed E-state index contributed by atoms with van der Waals surface area (Å²) in [6.45, 7) is 0.492. The first-order valence-electron chi connectivity index (χ1n) is 9.17. The molecule has 29 heavy (non-hydrogen) atoms. The van der Waals surface area contributed by atoms with Crippen LogP contribution in [0, 0.1) is 5.92 Å². The molecule has 0 bridgehead atoms. The maximum absolute atomic E-state index is 12.3. The van der Waals surface area contributed by atoms with E-state index in [0.717, 1.165) is 0 Å². The van der Waals surface area contributed by atoms with Gasteiger partial charge in [-0.2, -0.15) is 0 Å². The zero-order valence-corrected chi connectivity index (χ0v) is 15.6. The number of likely N-dealkylation sites (tertiary alicyclic amines) is 1. The molecule has 1 aliphatic rings. The smallest absolute Gasteiger partial charge is 0.311 e. The third-order valence-corrected chi connectivity index (χ3v) is 4.63. The minimum Gasteiger partial charge on any atom is -0.481 e. The van der Waals surface area contributed by atoms with Crippen molar-refractivity contribution in [1.82, 2.24) is 10.2 Å². The number of aliphatic carboxylic acids is 1. The van der Waals surface area contributed by atoms with E-state index in [9.17, 15) is 19.2 Å². The molecule has 1 fully saturated rings. The summed E-state index contributed by atoms with van der Waals surface area (Å²) in [6, 6.07) is 9.97. The van der Waals surface area contributed by atoms with Crippen molar-refractivity contribution in [2.24, 2.45) is 5.92 Å². The third kappa shape index (κ3) is 5.22. The van der Waals surface area contributed by atoms with Crippen molar-refractivity contribution < 1.29 is 28.7 Å².